The van der Waals surface area contributed by atoms with Gasteiger partial charge < -0.3 is 5.73 Å². The minimum absolute atomic E-state index is 0.00990. The van der Waals surface area contributed by atoms with Gasteiger partial charge in [0.25, 0.3) is 10.0 Å². The quantitative estimate of drug-likeness (QED) is 0.648. The lowest BCUT2D eigenvalue weighted by molar-refractivity contribution is -0.113. The Kier molecular flexibility index (Phi) is 5.02. The SMILES string of the molecule is CC(=O)/C(C(=S)NS(=O)(=O)c1ccc(C)cc1)=C(\C)N. The smallest absolute Gasteiger partial charge is 0.262 e. The van der Waals surface area contributed by atoms with Crippen LogP contribution in [0.4, 0.5) is 0 Å². The zero-order valence-electron chi connectivity index (χ0n) is 11.4. The molecule has 0 aliphatic carbocycles. The van der Waals surface area contributed by atoms with Crippen molar-refractivity contribution >= 4 is 33.0 Å². The first-order valence-corrected chi connectivity index (χ1v) is 7.65. The lowest BCUT2D eigenvalue weighted by Crippen LogP contribution is -2.33. The molecule has 0 spiro atoms. The third kappa shape index (κ3) is 3.88. The number of carbonyl (C=O) groups is 1. The molecule has 0 radical (unpaired) electrons. The van der Waals surface area contributed by atoms with Gasteiger partial charge in [0.05, 0.1) is 10.5 Å². The molecule has 0 atom stereocenters. The lowest BCUT2D eigenvalue weighted by atomic mass is 10.1. The van der Waals surface area contributed by atoms with Crippen LogP contribution in [-0.4, -0.2) is 19.2 Å². The van der Waals surface area contributed by atoms with Crippen molar-refractivity contribution in [3.8, 4) is 0 Å². The Hall–Kier alpha value is -1.73. The maximum absolute atomic E-state index is 12.1. The molecule has 7 heteroatoms. The zero-order valence-corrected chi connectivity index (χ0v) is 13.1. The number of carbonyl (C=O) groups excluding carboxylic acids is 1. The number of sulfonamides is 1. The van der Waals surface area contributed by atoms with Crippen LogP contribution < -0.4 is 10.5 Å². The highest BCUT2D eigenvalue weighted by molar-refractivity contribution is 7.92. The minimum Gasteiger partial charge on any atom is -0.402 e. The Bertz CT molecular complexity index is 670. The fourth-order valence-corrected chi connectivity index (χ4v) is 3.16. The summed E-state index contributed by atoms with van der Waals surface area (Å²) in [6.45, 7) is 4.62. The maximum Gasteiger partial charge on any atom is 0.262 e. The first-order chi connectivity index (χ1) is 9.15. The molecule has 0 heterocycles. The summed E-state index contributed by atoms with van der Waals surface area (Å²) in [7, 11) is -3.82. The zero-order chi connectivity index (χ0) is 15.5. The van der Waals surface area contributed by atoms with Gasteiger partial charge in [0, 0.05) is 5.70 Å². The normalized spacial score (nSPS) is 12.6. The van der Waals surface area contributed by atoms with Crippen molar-refractivity contribution < 1.29 is 13.2 Å². The van der Waals surface area contributed by atoms with Crippen LogP contribution in [0.3, 0.4) is 0 Å². The summed E-state index contributed by atoms with van der Waals surface area (Å²) >= 11 is 4.95. The van der Waals surface area contributed by atoms with Crippen LogP contribution in [-0.2, 0) is 14.8 Å². The molecule has 108 valence electrons. The predicted octanol–water partition coefficient (Wildman–Crippen LogP) is 1.42. The molecule has 20 heavy (non-hydrogen) atoms. The number of rotatable bonds is 4. The second kappa shape index (κ2) is 6.15. The van der Waals surface area contributed by atoms with Crippen LogP contribution in [0.25, 0.3) is 0 Å². The molecule has 3 N–H and O–H groups in total. The van der Waals surface area contributed by atoms with Gasteiger partial charge in [-0.3, -0.25) is 9.52 Å². The molecule has 0 bridgehead atoms. The van der Waals surface area contributed by atoms with E-state index in [0.29, 0.717) is 0 Å². The van der Waals surface area contributed by atoms with E-state index in [0.717, 1.165) is 5.56 Å². The maximum atomic E-state index is 12.1. The largest absolute Gasteiger partial charge is 0.402 e. The number of allylic oxidation sites excluding steroid dienone is 1. The van der Waals surface area contributed by atoms with Gasteiger partial charge in [-0.15, -0.1) is 0 Å². The monoisotopic (exact) mass is 312 g/mol. The highest BCUT2D eigenvalue weighted by Crippen LogP contribution is 2.12. The number of hydrogen-bond acceptors (Lipinski definition) is 5. The average molecular weight is 312 g/mol. The van der Waals surface area contributed by atoms with Gasteiger partial charge in [-0.05, 0) is 32.9 Å². The predicted molar refractivity (Wildman–Crippen MR) is 81.7 cm³/mol. The third-order valence-corrected chi connectivity index (χ3v) is 4.33. The standard InChI is InChI=1S/C13H16N2O3S2/c1-8-4-6-11(7-5-8)20(17,18)15-13(19)12(9(2)14)10(3)16/h4-7H,14H2,1-3H3,(H,15,19)/b12-9-. The number of hydrogen-bond donors (Lipinski definition) is 2. The van der Waals surface area contributed by atoms with E-state index in [9.17, 15) is 13.2 Å². The van der Waals surface area contributed by atoms with E-state index in [1.165, 1.54) is 26.0 Å². The van der Waals surface area contributed by atoms with Crippen LogP contribution in [0.5, 0.6) is 0 Å². The van der Waals surface area contributed by atoms with E-state index in [1.54, 1.807) is 12.1 Å². The summed E-state index contributed by atoms with van der Waals surface area (Å²) in [5, 5.41) is 0. The summed E-state index contributed by atoms with van der Waals surface area (Å²) in [5.41, 5.74) is 6.68. The summed E-state index contributed by atoms with van der Waals surface area (Å²) in [6, 6.07) is 6.28. The van der Waals surface area contributed by atoms with Crippen molar-refractivity contribution in [2.24, 2.45) is 5.73 Å². The summed E-state index contributed by atoms with van der Waals surface area (Å²) in [5.74, 6) is -0.387. The number of aryl methyl sites for hydroxylation is 1. The molecule has 0 aliphatic heterocycles. The van der Waals surface area contributed by atoms with Crippen LogP contribution in [0, 0.1) is 6.92 Å². The van der Waals surface area contributed by atoms with Gasteiger partial charge in [0.15, 0.2) is 5.78 Å². The number of thiocarbonyl (C=S) groups is 1. The molecule has 0 saturated carbocycles. The van der Waals surface area contributed by atoms with Crippen molar-refractivity contribution in [1.82, 2.24) is 4.72 Å². The van der Waals surface area contributed by atoms with Gasteiger partial charge in [-0.1, -0.05) is 29.9 Å². The number of ketones is 1. The van der Waals surface area contributed by atoms with Crippen molar-refractivity contribution in [3.63, 3.8) is 0 Å². The molecule has 0 amide bonds. The molecule has 0 unspecified atom stereocenters. The second-order valence-corrected chi connectivity index (χ2v) is 6.45. The van der Waals surface area contributed by atoms with E-state index >= 15 is 0 Å². The Morgan fingerprint density at radius 2 is 1.70 bits per heavy atom. The first kappa shape index (κ1) is 16.3. The van der Waals surface area contributed by atoms with Gasteiger partial charge in [0.2, 0.25) is 0 Å². The average Bonchev–Trinajstić information content (AvgIpc) is 2.27. The summed E-state index contributed by atoms with van der Waals surface area (Å²) < 4.78 is 26.5. The number of nitrogens with two attached hydrogens (primary N) is 1. The van der Waals surface area contributed by atoms with Gasteiger partial charge in [0.1, 0.15) is 4.99 Å². The third-order valence-electron chi connectivity index (χ3n) is 2.53. The Morgan fingerprint density at radius 1 is 1.20 bits per heavy atom. The lowest BCUT2D eigenvalue weighted by Gasteiger charge is -2.11. The number of benzene rings is 1. The van der Waals surface area contributed by atoms with Crippen molar-refractivity contribution in [3.05, 3.63) is 41.1 Å². The van der Waals surface area contributed by atoms with E-state index in [2.05, 4.69) is 4.72 Å². The summed E-state index contributed by atoms with van der Waals surface area (Å²) in [6.07, 6.45) is 0. The van der Waals surface area contributed by atoms with Crippen molar-refractivity contribution in [2.75, 3.05) is 0 Å². The molecule has 1 rings (SSSR count). The number of Topliss-reactive ketones (excluding diaryl/α,β-unsaturated/α-hetero) is 1. The molecular formula is C13H16N2O3S2. The highest BCUT2D eigenvalue weighted by atomic mass is 32.2. The fraction of sp³-hybridized carbons (Fsp3) is 0.231. The van der Waals surface area contributed by atoms with Gasteiger partial charge >= 0.3 is 0 Å². The fourth-order valence-electron chi connectivity index (χ4n) is 1.57. The molecule has 0 aromatic heterocycles. The minimum atomic E-state index is -3.82. The topological polar surface area (TPSA) is 89.3 Å². The van der Waals surface area contributed by atoms with Crippen LogP contribution in [0.15, 0.2) is 40.4 Å². The Morgan fingerprint density at radius 3 is 2.10 bits per heavy atom. The molecular weight excluding hydrogens is 296 g/mol. The van der Waals surface area contributed by atoms with E-state index in [1.807, 2.05) is 6.92 Å². The molecule has 0 fully saturated rings. The van der Waals surface area contributed by atoms with E-state index < -0.39 is 10.0 Å². The summed E-state index contributed by atoms with van der Waals surface area (Å²) in [4.78, 5) is 11.3. The van der Waals surface area contributed by atoms with E-state index in [4.69, 9.17) is 18.0 Å². The highest BCUT2D eigenvalue weighted by Gasteiger charge is 2.20. The van der Waals surface area contributed by atoms with Crippen molar-refractivity contribution in [1.29, 1.82) is 0 Å². The molecule has 1 aromatic carbocycles. The van der Waals surface area contributed by atoms with E-state index in [-0.39, 0.29) is 26.9 Å². The van der Waals surface area contributed by atoms with Crippen molar-refractivity contribution in [2.45, 2.75) is 25.7 Å². The molecule has 5 nitrogen and oxygen atoms in total. The second-order valence-electron chi connectivity index (χ2n) is 4.36. The van der Waals surface area contributed by atoms with Gasteiger partial charge in [-0.25, -0.2) is 8.42 Å². The van der Waals surface area contributed by atoms with Crippen LogP contribution >= 0.6 is 12.2 Å². The van der Waals surface area contributed by atoms with Crippen LogP contribution in [0.2, 0.25) is 0 Å². The Labute approximate surface area is 123 Å². The number of nitrogens with one attached hydrogen (secondary N) is 1. The van der Waals surface area contributed by atoms with Crippen LogP contribution in [0.1, 0.15) is 19.4 Å². The van der Waals surface area contributed by atoms with Gasteiger partial charge in [-0.2, -0.15) is 0 Å². The molecule has 0 saturated heterocycles. The molecule has 0 aliphatic rings. The first-order valence-electron chi connectivity index (χ1n) is 5.76. The Balaban J connectivity index is 3.09. The molecule has 1 aromatic rings.